The Morgan fingerprint density at radius 1 is 0.970 bits per heavy atom. The summed E-state index contributed by atoms with van der Waals surface area (Å²) in [5.41, 5.74) is 1.99. The van der Waals surface area contributed by atoms with Crippen LogP contribution >= 0.6 is 0 Å². The molecule has 172 valence electrons. The third-order valence-corrected chi connectivity index (χ3v) is 4.63. The van der Waals surface area contributed by atoms with E-state index in [9.17, 15) is 14.4 Å². The highest BCUT2D eigenvalue weighted by atomic mass is 16.5. The SMILES string of the molecule is COc1ccc(-c2nn(-c3ccccc3)cc2C(=O)OC(C)C(=O)NC(=O)NC(C)C)cc1. The van der Waals surface area contributed by atoms with Crippen LogP contribution in [0.2, 0.25) is 0 Å². The van der Waals surface area contributed by atoms with Gasteiger partial charge in [0.2, 0.25) is 0 Å². The Hall–Kier alpha value is -4.14. The van der Waals surface area contributed by atoms with Crippen LogP contribution in [0.15, 0.2) is 60.8 Å². The van der Waals surface area contributed by atoms with E-state index in [-0.39, 0.29) is 11.6 Å². The van der Waals surface area contributed by atoms with Crippen LogP contribution in [0.5, 0.6) is 5.75 Å². The maximum atomic E-state index is 13.0. The van der Waals surface area contributed by atoms with E-state index in [2.05, 4.69) is 15.7 Å². The van der Waals surface area contributed by atoms with Crippen molar-refractivity contribution < 1.29 is 23.9 Å². The van der Waals surface area contributed by atoms with E-state index in [1.54, 1.807) is 56.1 Å². The summed E-state index contributed by atoms with van der Waals surface area (Å²) >= 11 is 0. The van der Waals surface area contributed by atoms with Crippen LogP contribution < -0.4 is 15.4 Å². The second kappa shape index (κ2) is 10.4. The minimum Gasteiger partial charge on any atom is -0.497 e. The van der Waals surface area contributed by atoms with Gasteiger partial charge in [-0.25, -0.2) is 14.3 Å². The van der Waals surface area contributed by atoms with Crippen molar-refractivity contribution in [2.45, 2.75) is 32.9 Å². The largest absolute Gasteiger partial charge is 0.497 e. The number of imide groups is 1. The number of nitrogens with zero attached hydrogens (tertiary/aromatic N) is 2. The molecule has 0 aliphatic heterocycles. The number of nitrogens with one attached hydrogen (secondary N) is 2. The molecule has 9 nitrogen and oxygen atoms in total. The quantitative estimate of drug-likeness (QED) is 0.534. The van der Waals surface area contributed by atoms with E-state index in [4.69, 9.17) is 9.47 Å². The maximum Gasteiger partial charge on any atom is 0.342 e. The fourth-order valence-corrected chi connectivity index (χ4v) is 2.99. The van der Waals surface area contributed by atoms with Crippen LogP contribution in [-0.2, 0) is 9.53 Å². The molecule has 1 aromatic heterocycles. The lowest BCUT2D eigenvalue weighted by atomic mass is 10.1. The molecule has 33 heavy (non-hydrogen) atoms. The minimum absolute atomic E-state index is 0.147. The highest BCUT2D eigenvalue weighted by Gasteiger charge is 2.25. The molecule has 0 bridgehead atoms. The van der Waals surface area contributed by atoms with E-state index >= 15 is 0 Å². The standard InChI is InChI=1S/C24H26N4O5/c1-15(2)25-24(31)26-22(29)16(3)33-23(30)20-14-28(18-8-6-5-7-9-18)27-21(20)17-10-12-19(32-4)13-11-17/h5-16H,1-4H3,(H2,25,26,29,31). The van der Waals surface area contributed by atoms with Gasteiger partial charge in [0.05, 0.1) is 12.8 Å². The van der Waals surface area contributed by atoms with Crippen LogP contribution in [0.4, 0.5) is 4.79 Å². The predicted molar refractivity (Wildman–Crippen MR) is 122 cm³/mol. The molecule has 0 aliphatic carbocycles. The molecule has 3 aromatic rings. The van der Waals surface area contributed by atoms with E-state index in [1.807, 2.05) is 30.3 Å². The minimum atomic E-state index is -1.20. The molecule has 0 spiro atoms. The van der Waals surface area contributed by atoms with Crippen LogP contribution in [-0.4, -0.2) is 46.9 Å². The number of urea groups is 1. The van der Waals surface area contributed by atoms with Gasteiger partial charge >= 0.3 is 12.0 Å². The van der Waals surface area contributed by atoms with Gasteiger partial charge in [-0.05, 0) is 57.2 Å². The molecule has 3 amide bonds. The van der Waals surface area contributed by atoms with Crippen molar-refractivity contribution in [3.8, 4) is 22.7 Å². The first-order valence-corrected chi connectivity index (χ1v) is 10.4. The lowest BCUT2D eigenvalue weighted by molar-refractivity contribution is -0.127. The van der Waals surface area contributed by atoms with Crippen LogP contribution in [0, 0.1) is 0 Å². The fraction of sp³-hybridized carbons (Fsp3) is 0.250. The summed E-state index contributed by atoms with van der Waals surface area (Å²) < 4.78 is 12.1. The van der Waals surface area contributed by atoms with E-state index < -0.39 is 24.0 Å². The van der Waals surface area contributed by atoms with Gasteiger partial charge in [0.1, 0.15) is 17.0 Å². The normalized spacial score (nSPS) is 11.5. The summed E-state index contributed by atoms with van der Waals surface area (Å²) in [5.74, 6) is -0.812. The van der Waals surface area contributed by atoms with Gasteiger partial charge < -0.3 is 14.8 Å². The van der Waals surface area contributed by atoms with Crippen molar-refractivity contribution in [3.05, 3.63) is 66.4 Å². The smallest absolute Gasteiger partial charge is 0.342 e. The van der Waals surface area contributed by atoms with Crippen LogP contribution in [0.3, 0.4) is 0 Å². The zero-order valence-corrected chi connectivity index (χ0v) is 18.9. The summed E-state index contributed by atoms with van der Waals surface area (Å²) in [6.07, 6.45) is 0.354. The first kappa shape index (κ1) is 23.5. The zero-order chi connectivity index (χ0) is 24.0. The van der Waals surface area contributed by atoms with Gasteiger partial charge in [0.15, 0.2) is 6.10 Å². The Balaban J connectivity index is 1.86. The number of benzene rings is 2. The van der Waals surface area contributed by atoms with E-state index in [0.29, 0.717) is 17.0 Å². The van der Waals surface area contributed by atoms with Crippen molar-refractivity contribution in [1.29, 1.82) is 0 Å². The Morgan fingerprint density at radius 2 is 1.64 bits per heavy atom. The summed E-state index contributed by atoms with van der Waals surface area (Å²) in [6, 6.07) is 15.6. The molecule has 0 fully saturated rings. The number of aromatic nitrogens is 2. The molecular weight excluding hydrogens is 424 g/mol. The van der Waals surface area contributed by atoms with Gasteiger partial charge in [0.25, 0.3) is 5.91 Å². The topological polar surface area (TPSA) is 112 Å². The summed E-state index contributed by atoms with van der Waals surface area (Å²) in [5, 5.41) is 9.27. The number of para-hydroxylation sites is 1. The van der Waals surface area contributed by atoms with Gasteiger partial charge in [-0.1, -0.05) is 18.2 Å². The third-order valence-electron chi connectivity index (χ3n) is 4.63. The number of amides is 3. The summed E-state index contributed by atoms with van der Waals surface area (Å²) in [6.45, 7) is 4.92. The third kappa shape index (κ3) is 5.97. The Kier molecular flexibility index (Phi) is 7.45. The van der Waals surface area contributed by atoms with Crippen molar-refractivity contribution >= 4 is 17.9 Å². The van der Waals surface area contributed by atoms with Crippen molar-refractivity contribution in [1.82, 2.24) is 20.4 Å². The average Bonchev–Trinajstić information content (AvgIpc) is 3.24. The van der Waals surface area contributed by atoms with Gasteiger partial charge in [-0.15, -0.1) is 0 Å². The molecule has 2 aromatic carbocycles. The number of esters is 1. The second-order valence-electron chi connectivity index (χ2n) is 7.56. The monoisotopic (exact) mass is 450 g/mol. The van der Waals surface area contributed by atoms with Gasteiger partial charge in [-0.2, -0.15) is 5.10 Å². The van der Waals surface area contributed by atoms with Crippen LogP contribution in [0.25, 0.3) is 16.9 Å². The number of ether oxygens (including phenoxy) is 2. The highest BCUT2D eigenvalue weighted by Crippen LogP contribution is 2.26. The average molecular weight is 450 g/mol. The predicted octanol–water partition coefficient (Wildman–Crippen LogP) is 3.33. The molecular formula is C24H26N4O5. The van der Waals surface area contributed by atoms with Crippen molar-refractivity contribution in [3.63, 3.8) is 0 Å². The molecule has 1 unspecified atom stereocenters. The van der Waals surface area contributed by atoms with Crippen LogP contribution in [0.1, 0.15) is 31.1 Å². The molecule has 3 rings (SSSR count). The lowest BCUT2D eigenvalue weighted by Gasteiger charge is -2.14. The number of methoxy groups -OCH3 is 1. The highest BCUT2D eigenvalue weighted by molar-refractivity contribution is 6.00. The second-order valence-corrected chi connectivity index (χ2v) is 7.56. The molecule has 0 saturated carbocycles. The lowest BCUT2D eigenvalue weighted by Crippen LogP contribution is -2.46. The zero-order valence-electron chi connectivity index (χ0n) is 18.9. The first-order chi connectivity index (χ1) is 15.8. The molecule has 1 heterocycles. The molecule has 0 saturated heterocycles. The summed E-state index contributed by atoms with van der Waals surface area (Å²) in [4.78, 5) is 37.0. The van der Waals surface area contributed by atoms with Crippen molar-refractivity contribution in [2.24, 2.45) is 0 Å². The molecule has 1 atom stereocenters. The molecule has 9 heteroatoms. The Bertz CT molecular complexity index is 1120. The van der Waals surface area contributed by atoms with Gasteiger partial charge in [0, 0.05) is 17.8 Å². The Morgan fingerprint density at radius 3 is 2.24 bits per heavy atom. The number of rotatable bonds is 7. The number of hydrogen-bond acceptors (Lipinski definition) is 6. The molecule has 0 aliphatic rings. The number of hydrogen-bond donors (Lipinski definition) is 2. The Labute approximate surface area is 191 Å². The fourth-order valence-electron chi connectivity index (χ4n) is 2.99. The van der Waals surface area contributed by atoms with E-state index in [1.165, 1.54) is 6.92 Å². The first-order valence-electron chi connectivity index (χ1n) is 10.4. The van der Waals surface area contributed by atoms with E-state index in [0.717, 1.165) is 5.69 Å². The number of carbonyl (C=O) groups is 3. The summed E-state index contributed by atoms with van der Waals surface area (Å²) in [7, 11) is 1.57. The van der Waals surface area contributed by atoms with Gasteiger partial charge in [-0.3, -0.25) is 10.1 Å². The maximum absolute atomic E-state index is 13.0. The van der Waals surface area contributed by atoms with Crippen molar-refractivity contribution in [2.75, 3.05) is 7.11 Å². The molecule has 0 radical (unpaired) electrons. The number of carbonyl (C=O) groups excluding carboxylic acids is 3. The molecule has 2 N–H and O–H groups in total.